The molecule has 31 heavy (non-hydrogen) atoms. The molecular weight excluding hydrogens is 388 g/mol. The van der Waals surface area contributed by atoms with Gasteiger partial charge in [-0.15, -0.1) is 0 Å². The molecule has 0 bridgehead atoms. The number of hydrogen-bond acceptors (Lipinski definition) is 1. The van der Waals surface area contributed by atoms with E-state index in [0.717, 1.165) is 35.7 Å². The summed E-state index contributed by atoms with van der Waals surface area (Å²) in [5, 5.41) is 8.83. The summed E-state index contributed by atoms with van der Waals surface area (Å²) in [6, 6.07) is 12.1. The molecule has 4 unspecified atom stereocenters. The molecule has 164 valence electrons. The van der Waals surface area contributed by atoms with Gasteiger partial charge in [-0.25, -0.2) is 8.78 Å². The molecular formula is C28H33F2N. The highest BCUT2D eigenvalue weighted by atomic mass is 19.1. The fourth-order valence-corrected chi connectivity index (χ4v) is 6.10. The van der Waals surface area contributed by atoms with Crippen molar-refractivity contribution in [1.82, 2.24) is 0 Å². The van der Waals surface area contributed by atoms with Gasteiger partial charge in [-0.05, 0) is 91.0 Å². The molecule has 0 saturated heterocycles. The second-order valence-corrected chi connectivity index (χ2v) is 9.83. The Morgan fingerprint density at radius 1 is 0.839 bits per heavy atom. The van der Waals surface area contributed by atoms with Gasteiger partial charge in [-0.3, -0.25) is 0 Å². The third kappa shape index (κ3) is 5.17. The molecule has 0 heterocycles. The third-order valence-electron chi connectivity index (χ3n) is 7.81. The van der Waals surface area contributed by atoms with Crippen LogP contribution in [0.2, 0.25) is 0 Å². The van der Waals surface area contributed by atoms with Crippen LogP contribution in [0.1, 0.15) is 75.8 Å². The predicted molar refractivity (Wildman–Crippen MR) is 121 cm³/mol. The Kier molecular flexibility index (Phi) is 7.06. The van der Waals surface area contributed by atoms with Crippen LogP contribution in [0, 0.1) is 46.6 Å². The van der Waals surface area contributed by atoms with Gasteiger partial charge in [0, 0.05) is 0 Å². The van der Waals surface area contributed by atoms with Crippen molar-refractivity contribution in [3.63, 3.8) is 0 Å². The zero-order valence-electron chi connectivity index (χ0n) is 18.5. The van der Waals surface area contributed by atoms with Crippen molar-refractivity contribution in [3.8, 4) is 17.2 Å². The van der Waals surface area contributed by atoms with Crippen LogP contribution in [0.25, 0.3) is 11.1 Å². The second-order valence-electron chi connectivity index (χ2n) is 9.83. The van der Waals surface area contributed by atoms with Gasteiger partial charge in [-0.1, -0.05) is 56.9 Å². The van der Waals surface area contributed by atoms with Gasteiger partial charge >= 0.3 is 0 Å². The topological polar surface area (TPSA) is 23.8 Å². The van der Waals surface area contributed by atoms with Gasteiger partial charge < -0.3 is 0 Å². The number of halogens is 2. The van der Waals surface area contributed by atoms with E-state index in [1.807, 2.05) is 12.1 Å². The lowest BCUT2D eigenvalue weighted by Crippen LogP contribution is -2.31. The van der Waals surface area contributed by atoms with E-state index in [-0.39, 0.29) is 0 Å². The number of aryl methyl sites for hydroxylation is 1. The number of fused-ring (bicyclic) bond motifs is 1. The van der Waals surface area contributed by atoms with Gasteiger partial charge in [-0.2, -0.15) is 5.26 Å². The van der Waals surface area contributed by atoms with Crippen LogP contribution in [0.5, 0.6) is 0 Å². The van der Waals surface area contributed by atoms with Crippen molar-refractivity contribution < 1.29 is 8.78 Å². The normalized spacial score (nSPS) is 25.6. The monoisotopic (exact) mass is 421 g/mol. The standard InChI is InChI=1S/C28H33F2N/c1-2-3-20-8-12-24-15-21(9-13-23(24)14-20)5-4-19-6-10-22(11-7-19)25-16-27(29)26(18-31)28(30)17-25/h6-7,10-11,16-17,20-21,23-24H,2-5,8-9,12-15H2,1H3. The number of benzene rings is 2. The van der Waals surface area contributed by atoms with Gasteiger partial charge in [0.15, 0.2) is 0 Å². The van der Waals surface area contributed by atoms with E-state index >= 15 is 0 Å². The number of rotatable bonds is 6. The number of nitriles is 1. The van der Waals surface area contributed by atoms with Crippen molar-refractivity contribution >= 4 is 0 Å². The Hall–Kier alpha value is -2.21. The van der Waals surface area contributed by atoms with E-state index < -0.39 is 17.2 Å². The van der Waals surface area contributed by atoms with Crippen LogP contribution in [0.4, 0.5) is 8.78 Å². The molecule has 0 radical (unpaired) electrons. The molecule has 2 fully saturated rings. The molecule has 0 aliphatic heterocycles. The maximum absolute atomic E-state index is 13.9. The minimum absolute atomic E-state index is 0.470. The molecule has 4 rings (SSSR count). The Morgan fingerprint density at radius 3 is 1.97 bits per heavy atom. The minimum Gasteiger partial charge on any atom is -0.205 e. The first-order valence-corrected chi connectivity index (χ1v) is 12.1. The summed E-state index contributed by atoms with van der Waals surface area (Å²) in [5.41, 5.74) is 2.01. The molecule has 0 amide bonds. The van der Waals surface area contributed by atoms with Crippen LogP contribution in [0.15, 0.2) is 36.4 Å². The first kappa shape index (κ1) is 22.0. The number of nitrogens with zero attached hydrogens (tertiary/aromatic N) is 1. The van der Waals surface area contributed by atoms with Crippen LogP contribution in [0.3, 0.4) is 0 Å². The molecule has 0 spiro atoms. The summed E-state index contributed by atoms with van der Waals surface area (Å²) in [7, 11) is 0. The first-order valence-electron chi connectivity index (χ1n) is 12.1. The number of hydrogen-bond donors (Lipinski definition) is 0. The van der Waals surface area contributed by atoms with Gasteiger partial charge in [0.25, 0.3) is 0 Å². The highest BCUT2D eigenvalue weighted by Crippen LogP contribution is 2.46. The van der Waals surface area contributed by atoms with Crippen molar-refractivity contribution in [1.29, 1.82) is 5.26 Å². The first-order chi connectivity index (χ1) is 15.1. The summed E-state index contributed by atoms with van der Waals surface area (Å²) in [4.78, 5) is 0. The predicted octanol–water partition coefficient (Wildman–Crippen LogP) is 8.07. The summed E-state index contributed by atoms with van der Waals surface area (Å²) < 4.78 is 27.8. The van der Waals surface area contributed by atoms with Crippen LogP contribution >= 0.6 is 0 Å². The maximum atomic E-state index is 13.9. The SMILES string of the molecule is CCCC1CCC2CC(CCc3ccc(-c4cc(F)c(C#N)c(F)c4)cc3)CCC2C1. The Labute approximate surface area is 185 Å². The molecule has 2 aliphatic carbocycles. The molecule has 2 saturated carbocycles. The van der Waals surface area contributed by atoms with E-state index in [2.05, 4.69) is 19.1 Å². The molecule has 0 N–H and O–H groups in total. The zero-order chi connectivity index (χ0) is 21.8. The second kappa shape index (κ2) is 9.94. The average Bonchev–Trinajstić information content (AvgIpc) is 2.78. The summed E-state index contributed by atoms with van der Waals surface area (Å²) in [5.74, 6) is 2.15. The van der Waals surface area contributed by atoms with E-state index in [1.165, 1.54) is 75.5 Å². The quantitative estimate of drug-likeness (QED) is 0.462. The fraction of sp³-hybridized carbons (Fsp3) is 0.536. The van der Waals surface area contributed by atoms with Crippen molar-refractivity contribution in [2.45, 2.75) is 71.1 Å². The zero-order valence-corrected chi connectivity index (χ0v) is 18.5. The van der Waals surface area contributed by atoms with Gasteiger partial charge in [0.05, 0.1) is 0 Å². The lowest BCUT2D eigenvalue weighted by molar-refractivity contribution is 0.0921. The van der Waals surface area contributed by atoms with Crippen molar-refractivity contribution in [2.75, 3.05) is 0 Å². The van der Waals surface area contributed by atoms with E-state index in [1.54, 1.807) is 6.07 Å². The molecule has 3 heteroatoms. The average molecular weight is 422 g/mol. The van der Waals surface area contributed by atoms with E-state index in [9.17, 15) is 8.78 Å². The molecule has 2 aromatic rings. The minimum atomic E-state index is -0.805. The fourth-order valence-electron chi connectivity index (χ4n) is 6.10. The van der Waals surface area contributed by atoms with Gasteiger partial charge in [0.2, 0.25) is 0 Å². The summed E-state index contributed by atoms with van der Waals surface area (Å²) in [6.45, 7) is 2.32. The summed E-state index contributed by atoms with van der Waals surface area (Å²) in [6.07, 6.45) is 13.6. The van der Waals surface area contributed by atoms with Crippen LogP contribution < -0.4 is 0 Å². The van der Waals surface area contributed by atoms with E-state index in [4.69, 9.17) is 5.26 Å². The summed E-state index contributed by atoms with van der Waals surface area (Å²) >= 11 is 0. The third-order valence-corrected chi connectivity index (χ3v) is 7.81. The molecule has 4 atom stereocenters. The van der Waals surface area contributed by atoms with Crippen molar-refractivity contribution in [2.24, 2.45) is 23.7 Å². The Bertz CT molecular complexity index is 904. The van der Waals surface area contributed by atoms with Gasteiger partial charge in [0.1, 0.15) is 23.3 Å². The van der Waals surface area contributed by atoms with Crippen LogP contribution in [-0.2, 0) is 6.42 Å². The maximum Gasteiger partial charge on any atom is 0.144 e. The molecule has 2 aromatic carbocycles. The lowest BCUT2D eigenvalue weighted by atomic mass is 9.63. The molecule has 2 aliphatic rings. The highest BCUT2D eigenvalue weighted by Gasteiger charge is 2.34. The largest absolute Gasteiger partial charge is 0.205 e. The van der Waals surface area contributed by atoms with Crippen molar-refractivity contribution in [3.05, 3.63) is 59.2 Å². The Balaban J connectivity index is 1.31. The Morgan fingerprint density at radius 2 is 1.42 bits per heavy atom. The highest BCUT2D eigenvalue weighted by molar-refractivity contribution is 5.65. The van der Waals surface area contributed by atoms with Crippen LogP contribution in [-0.4, -0.2) is 0 Å². The lowest BCUT2D eigenvalue weighted by Gasteiger charge is -2.42. The van der Waals surface area contributed by atoms with E-state index in [0.29, 0.717) is 5.56 Å². The molecule has 0 aromatic heterocycles. The smallest absolute Gasteiger partial charge is 0.144 e. The molecule has 1 nitrogen and oxygen atoms in total.